The van der Waals surface area contributed by atoms with Crippen LogP contribution in [0.2, 0.25) is 0 Å². The zero-order valence-electron chi connectivity index (χ0n) is 10.9. The van der Waals surface area contributed by atoms with Crippen molar-refractivity contribution in [2.24, 2.45) is 17.6 Å². The molecule has 1 aromatic carbocycles. The van der Waals surface area contributed by atoms with Gasteiger partial charge in [-0.3, -0.25) is 5.41 Å². The van der Waals surface area contributed by atoms with E-state index in [-0.39, 0.29) is 11.4 Å². The topological polar surface area (TPSA) is 53.1 Å². The van der Waals surface area contributed by atoms with E-state index in [1.165, 1.54) is 6.07 Å². The molecule has 0 aliphatic carbocycles. The molecule has 1 saturated heterocycles. The molecule has 1 unspecified atom stereocenters. The molecule has 1 aliphatic heterocycles. The Balaban J connectivity index is 2.30. The zero-order valence-corrected chi connectivity index (χ0v) is 10.9. The highest BCUT2D eigenvalue weighted by Crippen LogP contribution is 2.31. The zero-order chi connectivity index (χ0) is 13.3. The molecule has 1 heterocycles. The Kier molecular flexibility index (Phi) is 3.55. The van der Waals surface area contributed by atoms with Crippen molar-refractivity contribution in [2.75, 3.05) is 18.0 Å². The molecule has 3 N–H and O–H groups in total. The van der Waals surface area contributed by atoms with Crippen LogP contribution in [0.15, 0.2) is 18.2 Å². The van der Waals surface area contributed by atoms with Gasteiger partial charge in [0, 0.05) is 13.1 Å². The predicted octanol–water partition coefficient (Wildman–Crippen LogP) is 2.59. The molecule has 98 valence electrons. The molecule has 1 atom stereocenters. The highest BCUT2D eigenvalue weighted by atomic mass is 19.1. The van der Waals surface area contributed by atoms with Gasteiger partial charge in [-0.25, -0.2) is 4.39 Å². The van der Waals surface area contributed by atoms with Gasteiger partial charge in [-0.1, -0.05) is 19.9 Å². The maximum atomic E-state index is 13.8. The summed E-state index contributed by atoms with van der Waals surface area (Å²) in [5, 5.41) is 7.53. The summed E-state index contributed by atoms with van der Waals surface area (Å²) in [4.78, 5) is 2.14. The van der Waals surface area contributed by atoms with Crippen LogP contribution in [0.25, 0.3) is 0 Å². The molecule has 1 fully saturated rings. The second-order valence-electron chi connectivity index (χ2n) is 5.29. The number of anilines is 1. The summed E-state index contributed by atoms with van der Waals surface area (Å²) in [6.45, 7) is 6.26. The van der Waals surface area contributed by atoms with Crippen LogP contribution in [0.1, 0.15) is 25.8 Å². The first-order valence-corrected chi connectivity index (χ1v) is 6.38. The maximum Gasteiger partial charge on any atom is 0.136 e. The van der Waals surface area contributed by atoms with Gasteiger partial charge in [0.15, 0.2) is 0 Å². The average Bonchev–Trinajstić information content (AvgIpc) is 2.77. The lowest BCUT2D eigenvalue weighted by atomic mass is 9.95. The summed E-state index contributed by atoms with van der Waals surface area (Å²) in [5.41, 5.74) is 6.49. The number of nitrogen functional groups attached to an aromatic ring is 1. The van der Waals surface area contributed by atoms with Gasteiger partial charge in [-0.2, -0.15) is 0 Å². The van der Waals surface area contributed by atoms with Gasteiger partial charge in [0.05, 0.1) is 11.3 Å². The van der Waals surface area contributed by atoms with Crippen LogP contribution in [0.4, 0.5) is 10.1 Å². The van der Waals surface area contributed by atoms with Gasteiger partial charge in [-0.05, 0) is 30.4 Å². The summed E-state index contributed by atoms with van der Waals surface area (Å²) in [6.07, 6.45) is 1.12. The Morgan fingerprint density at radius 1 is 1.50 bits per heavy atom. The molecule has 0 amide bonds. The van der Waals surface area contributed by atoms with Gasteiger partial charge in [0.2, 0.25) is 0 Å². The number of rotatable bonds is 3. The molecule has 0 bridgehead atoms. The Morgan fingerprint density at radius 2 is 2.22 bits per heavy atom. The van der Waals surface area contributed by atoms with Crippen LogP contribution in [-0.2, 0) is 0 Å². The highest BCUT2D eigenvalue weighted by molar-refractivity contribution is 6.00. The van der Waals surface area contributed by atoms with Gasteiger partial charge in [-0.15, -0.1) is 0 Å². The minimum absolute atomic E-state index is 0.198. The molecule has 1 aliphatic rings. The number of hydrogen-bond acceptors (Lipinski definition) is 2. The molecule has 1 aromatic rings. The Hall–Kier alpha value is -1.58. The number of nitrogens with two attached hydrogens (primary N) is 1. The fourth-order valence-corrected chi connectivity index (χ4v) is 2.59. The van der Waals surface area contributed by atoms with E-state index in [9.17, 15) is 4.39 Å². The lowest BCUT2D eigenvalue weighted by Gasteiger charge is -2.22. The lowest BCUT2D eigenvalue weighted by Crippen LogP contribution is -2.25. The third kappa shape index (κ3) is 2.33. The minimum atomic E-state index is -0.409. The van der Waals surface area contributed by atoms with E-state index in [0.717, 1.165) is 25.2 Å². The number of hydrogen-bond donors (Lipinski definition) is 2. The summed E-state index contributed by atoms with van der Waals surface area (Å²) in [7, 11) is 0. The molecule has 0 radical (unpaired) electrons. The predicted molar refractivity (Wildman–Crippen MR) is 72.6 cm³/mol. The summed E-state index contributed by atoms with van der Waals surface area (Å²) < 4.78 is 13.8. The second-order valence-corrected chi connectivity index (χ2v) is 5.29. The molecule has 18 heavy (non-hydrogen) atoms. The van der Waals surface area contributed by atoms with E-state index in [1.54, 1.807) is 6.07 Å². The van der Waals surface area contributed by atoms with E-state index in [4.69, 9.17) is 11.1 Å². The molecule has 3 nitrogen and oxygen atoms in total. The Morgan fingerprint density at radius 3 is 2.78 bits per heavy atom. The first-order chi connectivity index (χ1) is 8.50. The third-order valence-corrected chi connectivity index (χ3v) is 3.77. The third-order valence-electron chi connectivity index (χ3n) is 3.77. The van der Waals surface area contributed by atoms with E-state index in [0.29, 0.717) is 11.8 Å². The van der Waals surface area contributed by atoms with Crippen molar-refractivity contribution in [3.8, 4) is 0 Å². The van der Waals surface area contributed by atoms with Crippen LogP contribution in [0.3, 0.4) is 0 Å². The number of benzene rings is 1. The lowest BCUT2D eigenvalue weighted by molar-refractivity contribution is 0.422. The van der Waals surface area contributed by atoms with Crippen molar-refractivity contribution < 1.29 is 4.39 Å². The minimum Gasteiger partial charge on any atom is -0.384 e. The van der Waals surface area contributed by atoms with Crippen molar-refractivity contribution in [1.29, 1.82) is 5.41 Å². The van der Waals surface area contributed by atoms with Crippen molar-refractivity contribution in [1.82, 2.24) is 0 Å². The standard InChI is InChI=1S/C14H20FN3/c1-9(2)10-6-7-18(8-10)12-5-3-4-11(15)13(12)14(16)17/h3-5,9-10H,6-8H2,1-2H3,(H3,16,17). The average molecular weight is 249 g/mol. The highest BCUT2D eigenvalue weighted by Gasteiger charge is 2.27. The largest absolute Gasteiger partial charge is 0.384 e. The Bertz CT molecular complexity index is 456. The van der Waals surface area contributed by atoms with Crippen LogP contribution in [0, 0.1) is 23.1 Å². The van der Waals surface area contributed by atoms with Gasteiger partial charge >= 0.3 is 0 Å². The molecule has 2 rings (SSSR count). The van der Waals surface area contributed by atoms with Crippen LogP contribution >= 0.6 is 0 Å². The monoisotopic (exact) mass is 249 g/mol. The quantitative estimate of drug-likeness (QED) is 0.639. The molecule has 4 heteroatoms. The summed E-state index contributed by atoms with van der Waals surface area (Å²) >= 11 is 0. The first kappa shape index (κ1) is 12.9. The first-order valence-electron chi connectivity index (χ1n) is 6.38. The molecular formula is C14H20FN3. The molecule has 0 aromatic heterocycles. The fraction of sp³-hybridized carbons (Fsp3) is 0.500. The smallest absolute Gasteiger partial charge is 0.136 e. The van der Waals surface area contributed by atoms with Gasteiger partial charge in [0.25, 0.3) is 0 Å². The molecule has 0 spiro atoms. The summed E-state index contributed by atoms with van der Waals surface area (Å²) in [5.74, 6) is 0.654. The van der Waals surface area contributed by atoms with E-state index < -0.39 is 5.82 Å². The molecular weight excluding hydrogens is 229 g/mol. The van der Waals surface area contributed by atoms with Gasteiger partial charge in [0.1, 0.15) is 11.7 Å². The van der Waals surface area contributed by atoms with Crippen molar-refractivity contribution in [3.05, 3.63) is 29.6 Å². The van der Waals surface area contributed by atoms with Crippen molar-refractivity contribution >= 4 is 11.5 Å². The van der Waals surface area contributed by atoms with Gasteiger partial charge < -0.3 is 10.6 Å². The van der Waals surface area contributed by atoms with Crippen LogP contribution in [0.5, 0.6) is 0 Å². The summed E-state index contributed by atoms with van der Waals surface area (Å²) in [6, 6.07) is 4.89. The van der Waals surface area contributed by atoms with Crippen LogP contribution < -0.4 is 10.6 Å². The van der Waals surface area contributed by atoms with Crippen LogP contribution in [-0.4, -0.2) is 18.9 Å². The van der Waals surface area contributed by atoms with E-state index in [2.05, 4.69) is 18.7 Å². The second kappa shape index (κ2) is 4.96. The number of nitrogens with zero attached hydrogens (tertiary/aromatic N) is 1. The SMILES string of the molecule is CC(C)C1CCN(c2cccc(F)c2C(=N)N)C1. The number of nitrogens with one attached hydrogen (secondary N) is 1. The fourth-order valence-electron chi connectivity index (χ4n) is 2.59. The van der Waals surface area contributed by atoms with Crippen molar-refractivity contribution in [2.45, 2.75) is 20.3 Å². The van der Waals surface area contributed by atoms with E-state index in [1.807, 2.05) is 6.07 Å². The molecule has 0 saturated carbocycles. The van der Waals surface area contributed by atoms with Crippen molar-refractivity contribution in [3.63, 3.8) is 0 Å². The Labute approximate surface area is 107 Å². The maximum absolute atomic E-state index is 13.8. The number of halogens is 1. The normalized spacial score (nSPS) is 19.6. The number of amidine groups is 1. The van der Waals surface area contributed by atoms with E-state index >= 15 is 0 Å².